The average Bonchev–Trinajstić information content (AvgIpc) is 1.49. The SMILES string of the molecule is c1ccc(-c2cc(-c3cccc4c3[Si]3(c5c(-c6cc(-c7ccccc7)nc(-c7ccccc7)c6)cccc5-4)c4c(cccc4N4c5ccccc5-c5ccccc5-c5ccccc54)-c4cccc(N5c6ccccc6-c6ccccc6-c6ccccc65)c43)cc(-c3ccccc3)n2)cc1. The normalized spacial score (nSPS) is 12.9. The van der Waals surface area contributed by atoms with Crippen LogP contribution in [0.15, 0.2) is 364 Å². The molecule has 460 valence electrons. The zero-order valence-electron chi connectivity index (χ0n) is 53.9. The molecule has 4 nitrogen and oxygen atoms in total. The van der Waals surface area contributed by atoms with Crippen LogP contribution in [0.2, 0.25) is 0 Å². The van der Waals surface area contributed by atoms with Crippen LogP contribution >= 0.6 is 0 Å². The molecule has 0 bridgehead atoms. The minimum absolute atomic E-state index is 0.915. The largest absolute Gasteiger partial charge is 0.309 e. The van der Waals surface area contributed by atoms with Gasteiger partial charge in [-0.05, 0) is 148 Å². The summed E-state index contributed by atoms with van der Waals surface area (Å²) < 4.78 is 0. The number of aromatic nitrogens is 2. The van der Waals surface area contributed by atoms with Crippen LogP contribution in [0.25, 0.3) is 134 Å². The van der Waals surface area contributed by atoms with Crippen LogP contribution in [0, 0.1) is 0 Å². The molecule has 16 aromatic rings. The molecule has 20 rings (SSSR count). The Morgan fingerprint density at radius 2 is 0.374 bits per heavy atom. The standard InChI is InChI=1S/C94H60N4Si/c1-5-29-61(30-6-1)81-57-65(58-82(95-81)62-31-7-2-8-32-62)67-45-25-47-77-78-48-26-46-68(66-59-83(63-33-9-3-10-34-63)96-84(60-66)64-35-11-4-12-36-64)92(78)99(91(67)77)93-79(49-27-55-89(93)97-85-51-21-17-41-73(85)69-37-13-14-38-70(69)74-42-18-22-52-86(74)97)80-50-28-56-90(94(80)99)98-87-53-23-19-43-75(87)71-39-15-16-40-72(71)76-44-20-24-54-88(76)98/h1-60H. The first-order chi connectivity index (χ1) is 49.2. The molecule has 99 heavy (non-hydrogen) atoms. The quantitative estimate of drug-likeness (QED) is 0.142. The summed E-state index contributed by atoms with van der Waals surface area (Å²) in [6.45, 7) is 0. The number of hydrogen-bond acceptors (Lipinski definition) is 4. The smallest absolute Gasteiger partial charge is 0.188 e. The summed E-state index contributed by atoms with van der Waals surface area (Å²) in [6.07, 6.45) is 0. The summed E-state index contributed by atoms with van der Waals surface area (Å²) in [5.74, 6) is 0. The molecule has 5 heteroatoms. The third-order valence-corrected chi connectivity index (χ3v) is 26.0. The average molecular weight is 1270 g/mol. The van der Waals surface area contributed by atoms with Crippen molar-refractivity contribution in [1.29, 1.82) is 0 Å². The molecule has 6 heterocycles. The summed E-state index contributed by atoms with van der Waals surface area (Å²) in [5, 5.41) is 5.36. The fourth-order valence-electron chi connectivity index (χ4n) is 17.0. The molecule has 0 unspecified atom stereocenters. The molecular formula is C94H60N4Si. The van der Waals surface area contributed by atoms with Crippen LogP contribution in [-0.2, 0) is 0 Å². The number of nitrogens with zero attached hydrogens (tertiary/aromatic N) is 4. The number of para-hydroxylation sites is 4. The molecule has 0 aliphatic carbocycles. The van der Waals surface area contributed by atoms with E-state index in [-0.39, 0.29) is 0 Å². The number of fused-ring (bicyclic) bond motifs is 20. The van der Waals surface area contributed by atoms with Crippen molar-refractivity contribution in [1.82, 2.24) is 9.97 Å². The number of pyridine rings is 2. The fraction of sp³-hybridized carbons (Fsp3) is 0. The number of rotatable bonds is 8. The van der Waals surface area contributed by atoms with Gasteiger partial charge in [-0.15, -0.1) is 0 Å². The summed E-state index contributed by atoms with van der Waals surface area (Å²) in [6, 6.07) is 136. The van der Waals surface area contributed by atoms with Crippen LogP contribution in [0.1, 0.15) is 0 Å². The van der Waals surface area contributed by atoms with Gasteiger partial charge in [0.2, 0.25) is 0 Å². The molecular weight excluding hydrogens is 1210 g/mol. The minimum Gasteiger partial charge on any atom is -0.309 e. The maximum atomic E-state index is 5.59. The lowest BCUT2D eigenvalue weighted by atomic mass is 9.94. The molecule has 0 saturated heterocycles. The summed E-state index contributed by atoms with van der Waals surface area (Å²) in [5.41, 5.74) is 33.7. The maximum Gasteiger partial charge on any atom is 0.188 e. The summed E-state index contributed by atoms with van der Waals surface area (Å²) >= 11 is 0. The highest BCUT2D eigenvalue weighted by Gasteiger charge is 2.60. The van der Waals surface area contributed by atoms with Crippen molar-refractivity contribution >= 4 is 62.9 Å². The van der Waals surface area contributed by atoms with Gasteiger partial charge < -0.3 is 9.80 Å². The Morgan fingerprint density at radius 1 is 0.162 bits per heavy atom. The zero-order valence-corrected chi connectivity index (χ0v) is 54.9. The van der Waals surface area contributed by atoms with Gasteiger partial charge in [-0.1, -0.05) is 303 Å². The second-order valence-corrected chi connectivity index (χ2v) is 29.7. The van der Waals surface area contributed by atoms with Gasteiger partial charge in [0.05, 0.1) is 45.5 Å². The first kappa shape index (κ1) is 56.5. The number of hydrogen-bond donors (Lipinski definition) is 0. The predicted octanol–water partition coefficient (Wildman–Crippen LogP) is 22.1. The Balaban J connectivity index is 0.992. The van der Waals surface area contributed by atoms with E-state index in [4.69, 9.17) is 9.97 Å². The molecule has 4 aliphatic heterocycles. The van der Waals surface area contributed by atoms with Crippen molar-refractivity contribution < 1.29 is 0 Å². The molecule has 14 aromatic carbocycles. The van der Waals surface area contributed by atoms with E-state index < -0.39 is 8.07 Å². The van der Waals surface area contributed by atoms with Gasteiger partial charge in [0.15, 0.2) is 8.07 Å². The second kappa shape index (κ2) is 22.7. The second-order valence-electron chi connectivity index (χ2n) is 26.2. The number of benzene rings is 14. The highest BCUT2D eigenvalue weighted by atomic mass is 28.3. The molecule has 4 aliphatic rings. The number of anilines is 6. The molecule has 0 saturated carbocycles. The van der Waals surface area contributed by atoms with Crippen LogP contribution in [-0.4, -0.2) is 18.0 Å². The van der Waals surface area contributed by atoms with Crippen LogP contribution in [0.5, 0.6) is 0 Å². The fourth-order valence-corrected chi connectivity index (χ4v) is 23.4. The minimum atomic E-state index is -4.05. The molecule has 0 N–H and O–H groups in total. The van der Waals surface area contributed by atoms with Gasteiger partial charge in [-0.2, -0.15) is 0 Å². The van der Waals surface area contributed by atoms with Crippen molar-refractivity contribution in [2.24, 2.45) is 0 Å². The molecule has 0 amide bonds. The van der Waals surface area contributed by atoms with Gasteiger partial charge >= 0.3 is 0 Å². The molecule has 0 atom stereocenters. The maximum absolute atomic E-state index is 5.59. The highest BCUT2D eigenvalue weighted by Crippen LogP contribution is 2.56. The van der Waals surface area contributed by atoms with E-state index in [9.17, 15) is 0 Å². The van der Waals surface area contributed by atoms with Crippen molar-refractivity contribution in [2.45, 2.75) is 0 Å². The Kier molecular flexibility index (Phi) is 13.0. The first-order valence-electron chi connectivity index (χ1n) is 34.1. The molecule has 1 spiro atoms. The van der Waals surface area contributed by atoms with E-state index in [0.29, 0.717) is 0 Å². The Hall–Kier alpha value is -12.8. The van der Waals surface area contributed by atoms with Crippen molar-refractivity contribution in [2.75, 3.05) is 9.80 Å². The Morgan fingerprint density at radius 3 is 0.667 bits per heavy atom. The van der Waals surface area contributed by atoms with Crippen LogP contribution in [0.3, 0.4) is 0 Å². The van der Waals surface area contributed by atoms with E-state index in [2.05, 4.69) is 374 Å². The predicted molar refractivity (Wildman–Crippen MR) is 414 cm³/mol. The Labute approximate surface area is 577 Å². The van der Waals surface area contributed by atoms with E-state index in [1.165, 1.54) is 98.6 Å². The molecule has 0 radical (unpaired) electrons. The topological polar surface area (TPSA) is 32.3 Å². The molecule has 2 aromatic heterocycles. The first-order valence-corrected chi connectivity index (χ1v) is 36.1. The van der Waals surface area contributed by atoms with E-state index in [1.807, 2.05) is 0 Å². The lowest BCUT2D eigenvalue weighted by Crippen LogP contribution is -2.72. The van der Waals surface area contributed by atoms with Gasteiger partial charge in [0.25, 0.3) is 0 Å². The lowest BCUT2D eigenvalue weighted by molar-refractivity contribution is 1.30. The van der Waals surface area contributed by atoms with Gasteiger partial charge in [-0.25, -0.2) is 9.97 Å². The van der Waals surface area contributed by atoms with E-state index in [0.717, 1.165) is 90.3 Å². The van der Waals surface area contributed by atoms with Gasteiger partial charge in [0.1, 0.15) is 0 Å². The van der Waals surface area contributed by atoms with Crippen molar-refractivity contribution in [3.63, 3.8) is 0 Å². The van der Waals surface area contributed by atoms with Gasteiger partial charge in [0, 0.05) is 55.9 Å². The third kappa shape index (κ3) is 8.64. The molecule has 0 fully saturated rings. The van der Waals surface area contributed by atoms with Crippen LogP contribution < -0.4 is 30.5 Å². The monoisotopic (exact) mass is 1270 g/mol. The lowest BCUT2D eigenvalue weighted by Gasteiger charge is -2.38. The summed E-state index contributed by atoms with van der Waals surface area (Å²) in [4.78, 5) is 16.5. The Bertz CT molecular complexity index is 5330. The van der Waals surface area contributed by atoms with E-state index >= 15 is 0 Å². The highest BCUT2D eigenvalue weighted by molar-refractivity contribution is 7.26. The zero-order chi connectivity index (χ0) is 65.1. The van der Waals surface area contributed by atoms with Gasteiger partial charge in [-0.3, -0.25) is 0 Å². The van der Waals surface area contributed by atoms with E-state index in [1.54, 1.807) is 0 Å². The van der Waals surface area contributed by atoms with Crippen LogP contribution in [0.4, 0.5) is 34.1 Å². The van der Waals surface area contributed by atoms with Crippen molar-refractivity contribution in [3.05, 3.63) is 364 Å². The van der Waals surface area contributed by atoms with Crippen molar-refractivity contribution in [3.8, 4) is 134 Å². The summed E-state index contributed by atoms with van der Waals surface area (Å²) in [7, 11) is -4.05. The third-order valence-electron chi connectivity index (χ3n) is 20.9.